The summed E-state index contributed by atoms with van der Waals surface area (Å²) in [7, 11) is 0. The van der Waals surface area contributed by atoms with E-state index in [9.17, 15) is 4.79 Å². The fourth-order valence-electron chi connectivity index (χ4n) is 2.03. The molecule has 5 heteroatoms. The van der Waals surface area contributed by atoms with Crippen LogP contribution in [0.15, 0.2) is 47.9 Å². The van der Waals surface area contributed by atoms with Crippen LogP contribution < -0.4 is 5.32 Å². The molecular weight excluding hydrogens is 282 g/mol. The Morgan fingerprint density at radius 3 is 2.76 bits per heavy atom. The number of rotatable bonds is 6. The molecule has 0 atom stereocenters. The molecule has 0 saturated carbocycles. The van der Waals surface area contributed by atoms with E-state index in [1.807, 2.05) is 48.9 Å². The fourth-order valence-corrected chi connectivity index (χ4v) is 2.96. The molecule has 1 amide bonds. The van der Waals surface area contributed by atoms with E-state index in [0.29, 0.717) is 12.3 Å². The van der Waals surface area contributed by atoms with Crippen molar-refractivity contribution >= 4 is 17.7 Å². The predicted molar refractivity (Wildman–Crippen MR) is 87.0 cm³/mol. The van der Waals surface area contributed by atoms with E-state index in [-0.39, 0.29) is 5.91 Å². The van der Waals surface area contributed by atoms with Gasteiger partial charge in [0.2, 0.25) is 5.91 Å². The Balaban J connectivity index is 2.13. The average Bonchev–Trinajstić information content (AvgIpc) is 2.79. The van der Waals surface area contributed by atoms with Gasteiger partial charge in [-0.3, -0.25) is 4.79 Å². The first-order valence-corrected chi connectivity index (χ1v) is 7.74. The molecule has 110 valence electrons. The number of hydrogen-bond acceptors (Lipinski definition) is 3. The van der Waals surface area contributed by atoms with E-state index < -0.39 is 0 Å². The summed E-state index contributed by atoms with van der Waals surface area (Å²) in [5.74, 6) is 0.391. The maximum absolute atomic E-state index is 11.7. The molecule has 1 aromatic heterocycles. The molecule has 0 bridgehead atoms. The number of nitrogens with zero attached hydrogens (tertiary/aromatic N) is 2. The van der Waals surface area contributed by atoms with E-state index in [1.165, 1.54) is 11.8 Å². The van der Waals surface area contributed by atoms with E-state index in [4.69, 9.17) is 0 Å². The summed E-state index contributed by atoms with van der Waals surface area (Å²) >= 11 is 1.52. The average molecular weight is 301 g/mol. The Bertz CT molecular complexity index is 634. The minimum absolute atomic E-state index is 0.00570. The van der Waals surface area contributed by atoms with E-state index in [2.05, 4.69) is 17.0 Å². The molecule has 2 aromatic rings. The van der Waals surface area contributed by atoms with Crippen LogP contribution in [-0.4, -0.2) is 28.0 Å². The summed E-state index contributed by atoms with van der Waals surface area (Å²) in [6, 6.07) is 9.99. The van der Waals surface area contributed by atoms with Gasteiger partial charge in [0.05, 0.1) is 27.7 Å². The third-order valence-electron chi connectivity index (χ3n) is 3.02. The molecule has 0 fully saturated rings. The van der Waals surface area contributed by atoms with Gasteiger partial charge in [0, 0.05) is 6.54 Å². The minimum atomic E-state index is 0.00570. The quantitative estimate of drug-likeness (QED) is 0.659. The van der Waals surface area contributed by atoms with Gasteiger partial charge < -0.3 is 5.32 Å². The highest BCUT2D eigenvalue weighted by atomic mass is 32.2. The molecule has 0 radical (unpaired) electrons. The highest BCUT2D eigenvalue weighted by Gasteiger charge is 2.14. The van der Waals surface area contributed by atoms with Crippen molar-refractivity contribution in [3.8, 4) is 5.69 Å². The summed E-state index contributed by atoms with van der Waals surface area (Å²) < 4.78 is 1.92. The van der Waals surface area contributed by atoms with Gasteiger partial charge in [0.1, 0.15) is 0 Å². The molecule has 0 spiro atoms. The van der Waals surface area contributed by atoms with Crippen molar-refractivity contribution in [1.82, 2.24) is 15.1 Å². The van der Waals surface area contributed by atoms with Crippen molar-refractivity contribution in [2.45, 2.75) is 18.7 Å². The van der Waals surface area contributed by atoms with Gasteiger partial charge >= 0.3 is 0 Å². The number of thioether (sulfide) groups is 1. The first kappa shape index (κ1) is 15.4. The van der Waals surface area contributed by atoms with Crippen molar-refractivity contribution in [3.63, 3.8) is 0 Å². The standard InChI is InChI=1S/C16H19N3OS/c1-4-10-17-15(20)11-21-16-12(2)18-19(13(16)3)14-8-6-5-7-9-14/h4-9H,1,10-11H2,2-3H3,(H,17,20). The van der Waals surface area contributed by atoms with Crippen LogP contribution in [-0.2, 0) is 4.79 Å². The van der Waals surface area contributed by atoms with Crippen LogP contribution >= 0.6 is 11.8 Å². The van der Waals surface area contributed by atoms with E-state index in [1.54, 1.807) is 6.08 Å². The third kappa shape index (κ3) is 3.76. The summed E-state index contributed by atoms with van der Waals surface area (Å²) in [6.07, 6.45) is 1.67. The summed E-state index contributed by atoms with van der Waals surface area (Å²) in [5.41, 5.74) is 3.03. The molecule has 1 aromatic carbocycles. The number of carbonyl (C=O) groups excluding carboxylic acids is 1. The van der Waals surface area contributed by atoms with Crippen LogP contribution in [0.2, 0.25) is 0 Å². The molecule has 0 unspecified atom stereocenters. The zero-order chi connectivity index (χ0) is 15.2. The number of para-hydroxylation sites is 1. The number of nitrogens with one attached hydrogen (secondary N) is 1. The normalized spacial score (nSPS) is 10.4. The molecule has 4 nitrogen and oxygen atoms in total. The lowest BCUT2D eigenvalue weighted by molar-refractivity contribution is -0.118. The van der Waals surface area contributed by atoms with E-state index >= 15 is 0 Å². The number of carbonyl (C=O) groups is 1. The molecule has 21 heavy (non-hydrogen) atoms. The minimum Gasteiger partial charge on any atom is -0.352 e. The van der Waals surface area contributed by atoms with Crippen LogP contribution in [0.1, 0.15) is 11.4 Å². The van der Waals surface area contributed by atoms with Gasteiger partial charge in [0.15, 0.2) is 0 Å². The smallest absolute Gasteiger partial charge is 0.230 e. The van der Waals surface area contributed by atoms with Crippen molar-refractivity contribution < 1.29 is 4.79 Å². The highest BCUT2D eigenvalue weighted by Crippen LogP contribution is 2.27. The SMILES string of the molecule is C=CCNC(=O)CSc1c(C)nn(-c2ccccc2)c1C. The second-order valence-corrected chi connectivity index (χ2v) is 5.61. The van der Waals surface area contributed by atoms with Gasteiger partial charge in [0.25, 0.3) is 0 Å². The van der Waals surface area contributed by atoms with Crippen LogP contribution in [0.5, 0.6) is 0 Å². The molecule has 0 saturated heterocycles. The van der Waals surface area contributed by atoms with Crippen LogP contribution in [0.4, 0.5) is 0 Å². The fraction of sp³-hybridized carbons (Fsp3) is 0.250. The monoisotopic (exact) mass is 301 g/mol. The Hall–Kier alpha value is -2.01. The van der Waals surface area contributed by atoms with Crippen molar-refractivity contribution in [3.05, 3.63) is 54.4 Å². The van der Waals surface area contributed by atoms with Gasteiger partial charge in [-0.25, -0.2) is 4.68 Å². The number of aromatic nitrogens is 2. The number of amides is 1. The van der Waals surface area contributed by atoms with Crippen LogP contribution in [0, 0.1) is 13.8 Å². The first-order chi connectivity index (χ1) is 10.1. The number of hydrogen-bond donors (Lipinski definition) is 1. The number of benzene rings is 1. The number of aryl methyl sites for hydroxylation is 1. The predicted octanol–water partition coefficient (Wildman–Crippen LogP) is 2.88. The van der Waals surface area contributed by atoms with Crippen molar-refractivity contribution in [2.24, 2.45) is 0 Å². The lowest BCUT2D eigenvalue weighted by atomic mass is 10.3. The molecule has 1 N–H and O–H groups in total. The molecular formula is C16H19N3OS. The van der Waals surface area contributed by atoms with Crippen LogP contribution in [0.25, 0.3) is 5.69 Å². The molecule has 1 heterocycles. The first-order valence-electron chi connectivity index (χ1n) is 6.75. The summed E-state index contributed by atoms with van der Waals surface area (Å²) in [5, 5.41) is 7.34. The van der Waals surface area contributed by atoms with Crippen molar-refractivity contribution in [2.75, 3.05) is 12.3 Å². The Morgan fingerprint density at radius 2 is 2.10 bits per heavy atom. The maximum atomic E-state index is 11.7. The molecule has 0 aliphatic carbocycles. The molecule has 0 aliphatic heterocycles. The van der Waals surface area contributed by atoms with Gasteiger partial charge in [-0.15, -0.1) is 18.3 Å². The van der Waals surface area contributed by atoms with Gasteiger partial charge in [-0.1, -0.05) is 24.3 Å². The Morgan fingerprint density at radius 1 is 1.38 bits per heavy atom. The zero-order valence-electron chi connectivity index (χ0n) is 12.3. The molecule has 2 rings (SSSR count). The highest BCUT2D eigenvalue weighted by molar-refractivity contribution is 8.00. The lowest BCUT2D eigenvalue weighted by Gasteiger charge is -2.05. The summed E-state index contributed by atoms with van der Waals surface area (Å²) in [6.45, 7) is 8.08. The van der Waals surface area contributed by atoms with Crippen molar-refractivity contribution in [1.29, 1.82) is 0 Å². The second kappa shape index (κ2) is 7.13. The Kier molecular flexibility index (Phi) is 5.22. The maximum Gasteiger partial charge on any atom is 0.230 e. The Labute approximate surface area is 129 Å². The van der Waals surface area contributed by atoms with E-state index in [0.717, 1.165) is 22.0 Å². The van der Waals surface area contributed by atoms with Crippen LogP contribution in [0.3, 0.4) is 0 Å². The lowest BCUT2D eigenvalue weighted by Crippen LogP contribution is -2.24. The zero-order valence-corrected chi connectivity index (χ0v) is 13.1. The summed E-state index contributed by atoms with van der Waals surface area (Å²) in [4.78, 5) is 12.7. The van der Waals surface area contributed by atoms with Gasteiger partial charge in [-0.05, 0) is 26.0 Å². The largest absolute Gasteiger partial charge is 0.352 e. The molecule has 0 aliphatic rings. The second-order valence-electron chi connectivity index (χ2n) is 4.63. The van der Waals surface area contributed by atoms with Gasteiger partial charge in [-0.2, -0.15) is 5.10 Å². The topological polar surface area (TPSA) is 46.9 Å². The third-order valence-corrected chi connectivity index (χ3v) is 4.30.